The van der Waals surface area contributed by atoms with Crippen molar-refractivity contribution in [3.8, 4) is 46.9 Å². The van der Waals surface area contributed by atoms with Crippen molar-refractivity contribution >= 4 is 47.7 Å². The van der Waals surface area contributed by atoms with E-state index in [0.29, 0.717) is 33.8 Å². The number of rotatable bonds is 9. The fourth-order valence-electron chi connectivity index (χ4n) is 5.85. The Morgan fingerprint density at radius 2 is 0.640 bits per heavy atom. The van der Waals surface area contributed by atoms with Crippen LogP contribution in [-0.2, 0) is 0 Å². The van der Waals surface area contributed by atoms with E-state index in [1.807, 2.05) is 121 Å². The van der Waals surface area contributed by atoms with Gasteiger partial charge < -0.3 is 9.47 Å². The van der Waals surface area contributed by atoms with Crippen LogP contribution in [0.25, 0.3) is 11.1 Å². The highest BCUT2D eigenvalue weighted by Crippen LogP contribution is 2.47. The van der Waals surface area contributed by atoms with Gasteiger partial charge in [0.25, 0.3) is 0 Å². The van der Waals surface area contributed by atoms with E-state index in [-0.39, 0.29) is 0 Å². The lowest BCUT2D eigenvalue weighted by atomic mass is 10.0. The Balaban J connectivity index is 1.68. The summed E-state index contributed by atoms with van der Waals surface area (Å²) in [6.45, 7) is 0. The van der Waals surface area contributed by atoms with E-state index in [4.69, 9.17) is 9.47 Å². The van der Waals surface area contributed by atoms with Crippen LogP contribution in [0.2, 0.25) is 0 Å². The number of hydrogen-bond acceptors (Lipinski definition) is 6. The van der Waals surface area contributed by atoms with Crippen molar-refractivity contribution in [1.82, 2.24) is 0 Å². The molecular weight excluding hydrogens is 654 g/mol. The van der Waals surface area contributed by atoms with Crippen molar-refractivity contribution in [3.63, 3.8) is 0 Å². The second-order valence-electron chi connectivity index (χ2n) is 11.0. The maximum absolute atomic E-state index is 9.57. The van der Waals surface area contributed by atoms with Crippen LogP contribution in [0.4, 0.5) is 0 Å². The highest BCUT2D eigenvalue weighted by Gasteiger charge is 2.30. The molecule has 0 spiro atoms. The number of nitrogens with zero attached hydrogens (tertiary/aromatic N) is 4. The predicted octanol–water partition coefficient (Wildman–Crippen LogP) is 6.37. The number of hydrogen-bond donors (Lipinski definition) is 0. The monoisotopic (exact) mass is 682 g/mol. The minimum atomic E-state index is -1.24. The molecule has 0 heterocycles. The second kappa shape index (κ2) is 15.3. The predicted molar refractivity (Wildman–Crippen MR) is 201 cm³/mol. The summed E-state index contributed by atoms with van der Waals surface area (Å²) in [6.07, 6.45) is 0. The van der Waals surface area contributed by atoms with Crippen LogP contribution in [0, 0.1) is 45.3 Å². The molecule has 0 aliphatic rings. The van der Waals surface area contributed by atoms with E-state index >= 15 is 0 Å². The Kier molecular flexibility index (Phi) is 10.3. The van der Waals surface area contributed by atoms with E-state index < -0.39 is 15.8 Å². The third kappa shape index (κ3) is 6.69. The fourth-order valence-corrected chi connectivity index (χ4v) is 10.7. The Bertz CT molecular complexity index is 2050. The molecule has 0 N–H and O–H groups in total. The molecule has 0 aliphatic carbocycles. The molecule has 8 heteroatoms. The van der Waals surface area contributed by atoms with Crippen molar-refractivity contribution < 1.29 is 9.47 Å². The second-order valence-corrected chi connectivity index (χ2v) is 15.4. The number of methoxy groups -OCH3 is 2. The Hall–Kier alpha value is -6.26. The summed E-state index contributed by atoms with van der Waals surface area (Å²) in [5.74, 6) is 1.33. The zero-order chi connectivity index (χ0) is 35.0. The quantitative estimate of drug-likeness (QED) is 0.164. The van der Waals surface area contributed by atoms with E-state index in [2.05, 4.69) is 36.4 Å². The lowest BCUT2D eigenvalue weighted by Crippen LogP contribution is -2.26. The molecule has 0 amide bonds. The summed E-state index contributed by atoms with van der Waals surface area (Å²) in [7, 11) is 0.846. The van der Waals surface area contributed by atoms with Gasteiger partial charge in [0.1, 0.15) is 11.5 Å². The van der Waals surface area contributed by atoms with E-state index in [1.54, 1.807) is 14.2 Å². The molecule has 0 bridgehead atoms. The van der Waals surface area contributed by atoms with Gasteiger partial charge in [0, 0.05) is 11.1 Å². The summed E-state index contributed by atoms with van der Waals surface area (Å²) in [4.78, 5) is 0. The Morgan fingerprint density at radius 3 is 0.860 bits per heavy atom. The molecule has 6 aromatic carbocycles. The molecule has 50 heavy (non-hydrogen) atoms. The lowest BCUT2D eigenvalue weighted by Gasteiger charge is -2.28. The number of ether oxygens (including phenoxy) is 2. The van der Waals surface area contributed by atoms with Crippen LogP contribution < -0.4 is 41.3 Å². The average molecular weight is 683 g/mol. The van der Waals surface area contributed by atoms with Crippen molar-refractivity contribution in [3.05, 3.63) is 156 Å². The van der Waals surface area contributed by atoms with Gasteiger partial charge in [-0.3, -0.25) is 0 Å². The van der Waals surface area contributed by atoms with Gasteiger partial charge in [-0.1, -0.05) is 72.8 Å². The minimum absolute atomic E-state index is 0.567. The first kappa shape index (κ1) is 33.6. The van der Waals surface area contributed by atoms with Crippen LogP contribution in [0.3, 0.4) is 0 Å². The molecule has 0 saturated heterocycles. The highest BCUT2D eigenvalue weighted by atomic mass is 31.1. The molecule has 0 aromatic heterocycles. The largest absolute Gasteiger partial charge is 0.496 e. The molecule has 0 aliphatic heterocycles. The third-order valence-electron chi connectivity index (χ3n) is 8.20. The molecule has 0 atom stereocenters. The van der Waals surface area contributed by atoms with Crippen LogP contribution in [0.5, 0.6) is 11.5 Å². The Labute approximate surface area is 294 Å². The normalized spacial score (nSPS) is 10.5. The van der Waals surface area contributed by atoms with Gasteiger partial charge in [-0.05, 0) is 108 Å². The molecule has 0 fully saturated rings. The van der Waals surface area contributed by atoms with Crippen molar-refractivity contribution in [2.75, 3.05) is 14.2 Å². The first-order valence-electron chi connectivity index (χ1n) is 15.5. The molecular formula is C42H28N4O2P2. The van der Waals surface area contributed by atoms with E-state index in [0.717, 1.165) is 43.0 Å². The molecule has 0 unspecified atom stereocenters. The first-order chi connectivity index (χ1) is 24.5. The molecule has 6 nitrogen and oxygen atoms in total. The molecule has 0 saturated carbocycles. The summed E-state index contributed by atoms with van der Waals surface area (Å²) < 4.78 is 12.3. The lowest BCUT2D eigenvalue weighted by molar-refractivity contribution is 0.411. The zero-order valence-electron chi connectivity index (χ0n) is 27.2. The average Bonchev–Trinajstić information content (AvgIpc) is 3.19. The molecule has 6 rings (SSSR count). The minimum Gasteiger partial charge on any atom is -0.496 e. The molecule has 6 aromatic rings. The summed E-state index contributed by atoms with van der Waals surface area (Å²) in [5.41, 5.74) is 4.01. The van der Waals surface area contributed by atoms with Crippen LogP contribution >= 0.6 is 15.8 Å². The van der Waals surface area contributed by atoms with Crippen molar-refractivity contribution in [1.29, 1.82) is 21.0 Å². The topological polar surface area (TPSA) is 114 Å². The smallest absolute Gasteiger partial charge is 0.127 e. The highest BCUT2D eigenvalue weighted by molar-refractivity contribution is 7.80. The Morgan fingerprint density at radius 1 is 0.380 bits per heavy atom. The summed E-state index contributed by atoms with van der Waals surface area (Å²) in [6, 6.07) is 51.6. The first-order valence-corrected chi connectivity index (χ1v) is 18.2. The number of benzene rings is 6. The van der Waals surface area contributed by atoms with Gasteiger partial charge in [0.15, 0.2) is 0 Å². The molecule has 0 radical (unpaired) electrons. The van der Waals surface area contributed by atoms with E-state index in [9.17, 15) is 21.0 Å². The molecule has 238 valence electrons. The standard InChI is InChI=1S/C42H28N4O2P2/c1-47-37-5-3-7-39(49(33-17-9-29(25-43)10-18-33)34-19-11-30(26-44)12-20-34)41(37)42-38(48-2)6-4-8-40(42)50(35-21-13-31(27-45)14-22-35)36-23-15-32(28-46)16-24-36/h3-24H,1-2H3. The van der Waals surface area contributed by atoms with Crippen LogP contribution in [0.1, 0.15) is 22.3 Å². The van der Waals surface area contributed by atoms with Gasteiger partial charge in [-0.25, -0.2) is 0 Å². The van der Waals surface area contributed by atoms with Gasteiger partial charge >= 0.3 is 0 Å². The SMILES string of the molecule is COc1cccc(P(c2ccc(C#N)cc2)c2ccc(C#N)cc2)c1-c1c(OC)cccc1P(c1ccc(C#N)cc1)c1ccc(C#N)cc1. The van der Waals surface area contributed by atoms with Gasteiger partial charge in [0.2, 0.25) is 0 Å². The fraction of sp³-hybridized carbons (Fsp3) is 0.0476. The maximum atomic E-state index is 9.57. The maximum Gasteiger partial charge on any atom is 0.127 e. The van der Waals surface area contributed by atoms with Crippen molar-refractivity contribution in [2.45, 2.75) is 0 Å². The summed E-state index contributed by atoms with van der Waals surface area (Å²) >= 11 is 0. The van der Waals surface area contributed by atoms with E-state index in [1.165, 1.54) is 0 Å². The van der Waals surface area contributed by atoms with Crippen LogP contribution in [-0.4, -0.2) is 14.2 Å². The zero-order valence-corrected chi connectivity index (χ0v) is 29.0. The van der Waals surface area contributed by atoms with Crippen LogP contribution in [0.15, 0.2) is 133 Å². The number of nitriles is 4. The van der Waals surface area contributed by atoms with Gasteiger partial charge in [-0.2, -0.15) is 21.0 Å². The third-order valence-corrected chi connectivity index (χ3v) is 13.2. The van der Waals surface area contributed by atoms with Gasteiger partial charge in [-0.15, -0.1) is 0 Å². The van der Waals surface area contributed by atoms with Gasteiger partial charge in [0.05, 0.1) is 60.8 Å². The van der Waals surface area contributed by atoms with Crippen molar-refractivity contribution in [2.24, 2.45) is 0 Å². The summed E-state index contributed by atoms with van der Waals surface area (Å²) in [5, 5.41) is 44.4.